The Balaban J connectivity index is 1.85. The molecule has 2 aromatic heterocycles. The largest absolute Gasteiger partial charge is 0.347 e. The molecule has 0 amide bonds. The number of pyridine rings is 1. The van der Waals surface area contributed by atoms with E-state index in [-0.39, 0.29) is 17.3 Å². The number of nitrogens with one attached hydrogen (secondary N) is 1. The minimum atomic E-state index is -0.305. The van der Waals surface area contributed by atoms with Gasteiger partial charge in [-0.25, -0.2) is 9.37 Å². The molecule has 0 bridgehead atoms. The van der Waals surface area contributed by atoms with Crippen molar-refractivity contribution >= 4 is 5.95 Å². The fourth-order valence-corrected chi connectivity index (χ4v) is 2.37. The van der Waals surface area contributed by atoms with Gasteiger partial charge in [-0.3, -0.25) is 4.98 Å². The van der Waals surface area contributed by atoms with Gasteiger partial charge in [0.2, 0.25) is 5.95 Å². The SMILES string of the molecule is CC(C)(C)c1cn2c(n1)NC(c1ccc(F)cn1)CC2. The highest BCUT2D eigenvalue weighted by Crippen LogP contribution is 2.30. The number of aryl methyl sites for hydroxylation is 1. The van der Waals surface area contributed by atoms with Crippen LogP contribution in [0.1, 0.15) is 44.6 Å². The quantitative estimate of drug-likeness (QED) is 0.868. The fourth-order valence-electron chi connectivity index (χ4n) is 2.37. The third kappa shape index (κ3) is 2.40. The van der Waals surface area contributed by atoms with E-state index < -0.39 is 0 Å². The number of imidazole rings is 1. The first-order chi connectivity index (χ1) is 9.43. The molecule has 0 fully saturated rings. The van der Waals surface area contributed by atoms with Gasteiger partial charge in [0, 0.05) is 18.2 Å². The van der Waals surface area contributed by atoms with Crippen LogP contribution in [0.25, 0.3) is 0 Å². The van der Waals surface area contributed by atoms with Crippen LogP contribution >= 0.6 is 0 Å². The van der Waals surface area contributed by atoms with E-state index in [1.165, 1.54) is 12.3 Å². The van der Waals surface area contributed by atoms with Crippen molar-refractivity contribution in [2.75, 3.05) is 5.32 Å². The Morgan fingerprint density at radius 1 is 1.35 bits per heavy atom. The summed E-state index contributed by atoms with van der Waals surface area (Å²) in [6.07, 6.45) is 4.29. The standard InChI is InChI=1S/C15H19FN4/c1-15(2,3)13-9-20-7-6-12(18-14(20)19-13)11-5-4-10(16)8-17-11/h4-5,8-9,12H,6-7H2,1-3H3,(H,18,19). The Kier molecular flexibility index (Phi) is 3.00. The number of hydrogen-bond acceptors (Lipinski definition) is 3. The number of aromatic nitrogens is 3. The maximum Gasteiger partial charge on any atom is 0.203 e. The molecule has 0 aromatic carbocycles. The summed E-state index contributed by atoms with van der Waals surface area (Å²) in [5.41, 5.74) is 1.97. The summed E-state index contributed by atoms with van der Waals surface area (Å²) in [7, 11) is 0. The first kappa shape index (κ1) is 13.1. The van der Waals surface area contributed by atoms with Gasteiger partial charge in [0.25, 0.3) is 0 Å². The first-order valence-corrected chi connectivity index (χ1v) is 6.89. The van der Waals surface area contributed by atoms with Crippen molar-refractivity contribution in [3.63, 3.8) is 0 Å². The number of rotatable bonds is 1. The van der Waals surface area contributed by atoms with Crippen molar-refractivity contribution in [2.24, 2.45) is 0 Å². The summed E-state index contributed by atoms with van der Waals surface area (Å²) in [4.78, 5) is 8.82. The zero-order valence-electron chi connectivity index (χ0n) is 12.0. The van der Waals surface area contributed by atoms with Crippen LogP contribution in [0.5, 0.6) is 0 Å². The highest BCUT2D eigenvalue weighted by atomic mass is 19.1. The summed E-state index contributed by atoms with van der Waals surface area (Å²) < 4.78 is 15.1. The van der Waals surface area contributed by atoms with Gasteiger partial charge >= 0.3 is 0 Å². The van der Waals surface area contributed by atoms with E-state index in [0.29, 0.717) is 0 Å². The fraction of sp³-hybridized carbons (Fsp3) is 0.467. The normalized spacial score (nSPS) is 18.5. The average Bonchev–Trinajstić information content (AvgIpc) is 2.82. The molecule has 2 aromatic rings. The summed E-state index contributed by atoms with van der Waals surface area (Å²) >= 11 is 0. The average molecular weight is 274 g/mol. The van der Waals surface area contributed by atoms with E-state index >= 15 is 0 Å². The molecule has 1 aliphatic rings. The highest BCUT2D eigenvalue weighted by Gasteiger charge is 2.25. The van der Waals surface area contributed by atoms with Gasteiger partial charge < -0.3 is 9.88 Å². The number of halogens is 1. The van der Waals surface area contributed by atoms with Gasteiger partial charge in [0.15, 0.2) is 0 Å². The Bertz CT molecular complexity index is 610. The predicted molar refractivity (Wildman–Crippen MR) is 76.1 cm³/mol. The Labute approximate surface area is 118 Å². The lowest BCUT2D eigenvalue weighted by molar-refractivity contribution is 0.530. The van der Waals surface area contributed by atoms with Gasteiger partial charge in [0.05, 0.1) is 23.6 Å². The molecule has 20 heavy (non-hydrogen) atoms. The molecule has 0 aliphatic carbocycles. The molecule has 3 rings (SSSR count). The lowest BCUT2D eigenvalue weighted by Gasteiger charge is -2.24. The molecule has 3 heterocycles. The second kappa shape index (κ2) is 4.58. The summed E-state index contributed by atoms with van der Waals surface area (Å²) in [5.74, 6) is 0.568. The van der Waals surface area contributed by atoms with Crippen LogP contribution in [0.3, 0.4) is 0 Å². The van der Waals surface area contributed by atoms with Crippen molar-refractivity contribution in [3.8, 4) is 0 Å². The molecular weight excluding hydrogens is 255 g/mol. The molecule has 1 N–H and O–H groups in total. The van der Waals surface area contributed by atoms with Crippen molar-refractivity contribution in [3.05, 3.63) is 41.7 Å². The molecule has 5 heteroatoms. The molecule has 0 radical (unpaired) electrons. The maximum atomic E-state index is 12.9. The minimum Gasteiger partial charge on any atom is -0.347 e. The third-order valence-electron chi connectivity index (χ3n) is 3.61. The first-order valence-electron chi connectivity index (χ1n) is 6.89. The van der Waals surface area contributed by atoms with Crippen molar-refractivity contribution in [1.82, 2.24) is 14.5 Å². The molecule has 1 atom stereocenters. The second-order valence-electron chi connectivity index (χ2n) is 6.28. The zero-order valence-corrected chi connectivity index (χ0v) is 12.0. The van der Waals surface area contributed by atoms with Crippen LogP contribution < -0.4 is 5.32 Å². The molecule has 4 nitrogen and oxygen atoms in total. The van der Waals surface area contributed by atoms with Gasteiger partial charge in [-0.2, -0.15) is 0 Å². The number of nitrogens with zero attached hydrogens (tertiary/aromatic N) is 3. The van der Waals surface area contributed by atoms with Crippen molar-refractivity contribution < 1.29 is 4.39 Å². The second-order valence-corrected chi connectivity index (χ2v) is 6.28. The highest BCUT2D eigenvalue weighted by molar-refractivity contribution is 5.36. The topological polar surface area (TPSA) is 42.7 Å². The minimum absolute atomic E-state index is 0.0373. The predicted octanol–water partition coefficient (Wildman–Crippen LogP) is 3.27. The van der Waals surface area contributed by atoms with Crippen LogP contribution in [-0.2, 0) is 12.0 Å². The van der Waals surface area contributed by atoms with Gasteiger partial charge in [-0.15, -0.1) is 0 Å². The molecule has 1 unspecified atom stereocenters. The molecule has 0 saturated heterocycles. The van der Waals surface area contributed by atoms with Crippen molar-refractivity contribution in [2.45, 2.75) is 45.2 Å². The van der Waals surface area contributed by atoms with E-state index in [1.54, 1.807) is 6.07 Å². The molecule has 106 valence electrons. The molecule has 0 saturated carbocycles. The summed E-state index contributed by atoms with van der Waals surface area (Å²) in [6.45, 7) is 7.36. The Morgan fingerprint density at radius 3 is 2.80 bits per heavy atom. The van der Waals surface area contributed by atoms with Gasteiger partial charge in [-0.05, 0) is 18.6 Å². The molecular formula is C15H19FN4. The lowest BCUT2D eigenvalue weighted by atomic mass is 9.93. The third-order valence-corrected chi connectivity index (χ3v) is 3.61. The zero-order chi connectivity index (χ0) is 14.3. The van der Waals surface area contributed by atoms with Crippen LogP contribution in [0.15, 0.2) is 24.5 Å². The van der Waals surface area contributed by atoms with Crippen LogP contribution in [-0.4, -0.2) is 14.5 Å². The van der Waals surface area contributed by atoms with Crippen LogP contribution in [0.2, 0.25) is 0 Å². The lowest BCUT2D eigenvalue weighted by Crippen LogP contribution is -2.22. The summed E-state index contributed by atoms with van der Waals surface area (Å²) in [5, 5.41) is 3.39. The van der Waals surface area contributed by atoms with Gasteiger partial charge in [-0.1, -0.05) is 20.8 Å². The number of anilines is 1. The number of hydrogen-bond donors (Lipinski definition) is 1. The van der Waals surface area contributed by atoms with E-state index in [9.17, 15) is 4.39 Å². The van der Waals surface area contributed by atoms with E-state index in [2.05, 4.69) is 46.8 Å². The Hall–Kier alpha value is -1.91. The smallest absolute Gasteiger partial charge is 0.203 e. The molecule has 0 spiro atoms. The van der Waals surface area contributed by atoms with Crippen LogP contribution in [0, 0.1) is 5.82 Å². The molecule has 1 aliphatic heterocycles. The van der Waals surface area contributed by atoms with E-state index in [0.717, 1.165) is 30.3 Å². The monoisotopic (exact) mass is 274 g/mol. The van der Waals surface area contributed by atoms with Crippen molar-refractivity contribution in [1.29, 1.82) is 0 Å². The Morgan fingerprint density at radius 2 is 2.15 bits per heavy atom. The van der Waals surface area contributed by atoms with Gasteiger partial charge in [0.1, 0.15) is 5.82 Å². The van der Waals surface area contributed by atoms with Crippen LogP contribution in [0.4, 0.5) is 10.3 Å². The summed E-state index contributed by atoms with van der Waals surface area (Å²) in [6, 6.07) is 3.28. The maximum absolute atomic E-state index is 12.9. The van der Waals surface area contributed by atoms with E-state index in [4.69, 9.17) is 0 Å². The number of fused-ring (bicyclic) bond motifs is 1. The van der Waals surface area contributed by atoms with E-state index in [1.807, 2.05) is 0 Å².